The van der Waals surface area contributed by atoms with E-state index in [1.165, 1.54) is 16.0 Å². The van der Waals surface area contributed by atoms with Crippen molar-refractivity contribution in [3.63, 3.8) is 0 Å². The monoisotopic (exact) mass is 818 g/mol. The van der Waals surface area contributed by atoms with Crippen LogP contribution in [0.4, 0.5) is 34.1 Å². The molecule has 0 saturated heterocycles. The average molecular weight is 819 g/mol. The molecule has 3 aliphatic rings. The molecule has 2 unspecified atom stereocenters. The summed E-state index contributed by atoms with van der Waals surface area (Å²) < 4.78 is 23.1. The summed E-state index contributed by atoms with van der Waals surface area (Å²) in [6.45, 7) is 0. The average Bonchev–Trinajstić information content (AvgIpc) is 3.69. The van der Waals surface area contributed by atoms with E-state index in [9.17, 15) is 0 Å². The summed E-state index contributed by atoms with van der Waals surface area (Å²) >= 11 is 1.82. The number of nitrogens with zero attached hydrogens (tertiary/aromatic N) is 2. The summed E-state index contributed by atoms with van der Waals surface area (Å²) in [5.74, 6) is 0. The highest BCUT2D eigenvalue weighted by molar-refractivity contribution is 7.99. The molecule has 0 aliphatic carbocycles. The van der Waals surface area contributed by atoms with Gasteiger partial charge in [-0.25, -0.2) is 0 Å². The molecule has 4 nitrogen and oxygen atoms in total. The van der Waals surface area contributed by atoms with E-state index in [4.69, 9.17) is 4.42 Å². The van der Waals surface area contributed by atoms with Gasteiger partial charge in [0, 0.05) is 47.9 Å². The number of rotatable bonds is 3. The van der Waals surface area contributed by atoms with Crippen LogP contribution in [0.3, 0.4) is 0 Å². The number of hydrogen-bond acceptors (Lipinski definition) is 5. The molecule has 10 aromatic rings. The van der Waals surface area contributed by atoms with Crippen molar-refractivity contribution in [2.75, 3.05) is 9.80 Å². The van der Waals surface area contributed by atoms with Crippen LogP contribution >= 0.6 is 18.9 Å². The highest BCUT2D eigenvalue weighted by Crippen LogP contribution is 2.63. The first-order chi connectivity index (χ1) is 30.1. The minimum absolute atomic E-state index is 0.742. The molecule has 288 valence electrons. The Morgan fingerprint density at radius 3 is 1.72 bits per heavy atom. The van der Waals surface area contributed by atoms with Gasteiger partial charge in [0.15, 0.2) is 7.14 Å². The first-order valence-corrected chi connectivity index (χ1v) is 23.1. The van der Waals surface area contributed by atoms with Crippen molar-refractivity contribution in [2.45, 2.75) is 15.2 Å². The second-order valence-corrected chi connectivity index (χ2v) is 19.7. The first kappa shape index (κ1) is 34.8. The number of anilines is 6. The lowest BCUT2D eigenvalue weighted by molar-refractivity contribution is 0.589. The van der Waals surface area contributed by atoms with Crippen molar-refractivity contribution < 1.29 is 8.98 Å². The second-order valence-electron chi connectivity index (χ2n) is 15.9. The fourth-order valence-electron chi connectivity index (χ4n) is 10.4. The molecule has 0 saturated carbocycles. The van der Waals surface area contributed by atoms with Crippen LogP contribution in [0.1, 0.15) is 22.3 Å². The Morgan fingerprint density at radius 2 is 0.984 bits per heavy atom. The van der Waals surface area contributed by atoms with Crippen molar-refractivity contribution in [3.8, 4) is 0 Å². The first-order valence-electron chi connectivity index (χ1n) is 20.6. The molecule has 2 atom stereocenters. The van der Waals surface area contributed by atoms with Crippen LogP contribution in [0.25, 0.3) is 21.9 Å². The number of furan rings is 1. The normalized spacial score (nSPS) is 18.2. The van der Waals surface area contributed by atoms with Gasteiger partial charge in [-0.2, -0.15) is 0 Å². The summed E-state index contributed by atoms with van der Waals surface area (Å²) in [4.78, 5) is 7.11. The highest BCUT2D eigenvalue weighted by Gasteiger charge is 2.54. The fourth-order valence-corrected chi connectivity index (χ4v) is 14.8. The summed E-state index contributed by atoms with van der Waals surface area (Å²) in [7, 11) is -3.43. The molecule has 0 fully saturated rings. The summed E-state index contributed by atoms with van der Waals surface area (Å²) in [5.41, 5.74) is 11.8. The highest BCUT2D eigenvalue weighted by atomic mass is 32.2. The SMILES string of the molecule is O=P1(c2ccccc2)c2ccccc2C2(c3ccccc3Sc3cc(N4c5ccccc5N(c5ccccc5)c5ccccc54)ccc32)c2cc3c(cc21)oc1ccccc13. The molecular formula is C55H35N2O2PS. The van der Waals surface area contributed by atoms with E-state index in [2.05, 4.69) is 174 Å². The van der Waals surface area contributed by atoms with Crippen molar-refractivity contribution in [2.24, 2.45) is 0 Å². The minimum Gasteiger partial charge on any atom is -0.456 e. The zero-order chi connectivity index (χ0) is 40.3. The molecule has 3 aliphatic heterocycles. The lowest BCUT2D eigenvalue weighted by Crippen LogP contribution is -2.48. The Hall–Kier alpha value is -7.04. The third-order valence-corrected chi connectivity index (χ3v) is 17.2. The summed E-state index contributed by atoms with van der Waals surface area (Å²) in [5, 5.41) is 4.56. The maximum atomic E-state index is 16.6. The van der Waals surface area contributed by atoms with E-state index in [1.54, 1.807) is 0 Å². The van der Waals surface area contributed by atoms with E-state index in [1.807, 2.05) is 60.3 Å². The minimum atomic E-state index is -3.43. The fraction of sp³-hybridized carbons (Fsp3) is 0.0182. The summed E-state index contributed by atoms with van der Waals surface area (Å²) in [6.07, 6.45) is 0. The lowest BCUT2D eigenvalue weighted by atomic mass is 9.64. The second kappa shape index (κ2) is 13.0. The Balaban J connectivity index is 1.11. The Kier molecular flexibility index (Phi) is 7.40. The van der Waals surface area contributed by atoms with Gasteiger partial charge in [0.25, 0.3) is 0 Å². The number of fused-ring (bicyclic) bond motifs is 13. The Morgan fingerprint density at radius 1 is 0.410 bits per heavy atom. The Labute approximate surface area is 357 Å². The van der Waals surface area contributed by atoms with Crippen molar-refractivity contribution >= 4 is 90.9 Å². The largest absolute Gasteiger partial charge is 0.456 e. The van der Waals surface area contributed by atoms with E-state index in [0.717, 1.165) is 88.0 Å². The molecule has 9 aromatic carbocycles. The molecule has 6 heteroatoms. The van der Waals surface area contributed by atoms with Crippen LogP contribution < -0.4 is 25.7 Å². The van der Waals surface area contributed by atoms with Gasteiger partial charge in [0.2, 0.25) is 0 Å². The molecule has 4 heterocycles. The third kappa shape index (κ3) is 4.71. The lowest BCUT2D eigenvalue weighted by Gasteiger charge is -2.48. The van der Waals surface area contributed by atoms with Gasteiger partial charge >= 0.3 is 0 Å². The van der Waals surface area contributed by atoms with Crippen LogP contribution in [0.5, 0.6) is 0 Å². The standard InChI is InChI=1S/C55H35N2O2PS/c58-60(38-19-5-2-6-20-38)51-29-15-8-22-41(51)55(44-34-40-39-21-7-14-28-49(39)59-50(40)35-52(44)60)42-23-9-16-30-53(42)61-54-33-37(31-32-43(54)55)57-47-26-12-10-24-45(47)56(36-17-3-1-4-18-36)46-25-11-13-27-48(46)57/h1-35H. The quantitative estimate of drug-likeness (QED) is 0.166. The Bertz CT molecular complexity index is 3430. The molecule has 0 amide bonds. The molecule has 1 spiro atoms. The molecule has 1 aromatic heterocycles. The van der Waals surface area contributed by atoms with Crippen LogP contribution in [0.15, 0.2) is 227 Å². The van der Waals surface area contributed by atoms with E-state index in [0.29, 0.717) is 0 Å². The molecular weight excluding hydrogens is 784 g/mol. The van der Waals surface area contributed by atoms with E-state index >= 15 is 4.57 Å². The van der Waals surface area contributed by atoms with Crippen LogP contribution in [0, 0.1) is 0 Å². The van der Waals surface area contributed by atoms with Crippen LogP contribution in [0.2, 0.25) is 0 Å². The molecule has 0 N–H and O–H groups in total. The predicted molar refractivity (Wildman–Crippen MR) is 252 cm³/mol. The van der Waals surface area contributed by atoms with Gasteiger partial charge < -0.3 is 18.8 Å². The summed E-state index contributed by atoms with van der Waals surface area (Å²) in [6, 6.07) is 75.0. The molecule has 61 heavy (non-hydrogen) atoms. The van der Waals surface area contributed by atoms with Gasteiger partial charge in [-0.05, 0) is 95.1 Å². The van der Waals surface area contributed by atoms with Gasteiger partial charge in [0.1, 0.15) is 11.2 Å². The number of para-hydroxylation sites is 6. The van der Waals surface area contributed by atoms with Crippen molar-refractivity contribution in [3.05, 3.63) is 235 Å². The maximum absolute atomic E-state index is 16.6. The molecule has 13 rings (SSSR count). The third-order valence-electron chi connectivity index (χ3n) is 12.9. The molecule has 0 bridgehead atoms. The zero-order valence-electron chi connectivity index (χ0n) is 32.8. The molecule has 0 radical (unpaired) electrons. The number of hydrogen-bond donors (Lipinski definition) is 0. The van der Waals surface area contributed by atoms with E-state index < -0.39 is 12.6 Å². The van der Waals surface area contributed by atoms with Gasteiger partial charge in [0.05, 0.1) is 28.2 Å². The topological polar surface area (TPSA) is 36.7 Å². The number of benzene rings is 9. The predicted octanol–water partition coefficient (Wildman–Crippen LogP) is 13.6. The van der Waals surface area contributed by atoms with Crippen LogP contribution in [-0.2, 0) is 9.98 Å². The van der Waals surface area contributed by atoms with Gasteiger partial charge in [-0.1, -0.05) is 151 Å². The van der Waals surface area contributed by atoms with Crippen molar-refractivity contribution in [1.29, 1.82) is 0 Å². The van der Waals surface area contributed by atoms with Crippen molar-refractivity contribution in [1.82, 2.24) is 0 Å². The maximum Gasteiger partial charge on any atom is 0.171 e. The van der Waals surface area contributed by atoms with Gasteiger partial charge in [-0.15, -0.1) is 0 Å². The van der Waals surface area contributed by atoms with Crippen LogP contribution in [-0.4, -0.2) is 0 Å². The van der Waals surface area contributed by atoms with Gasteiger partial charge in [-0.3, -0.25) is 0 Å². The zero-order valence-corrected chi connectivity index (χ0v) is 34.5. The van der Waals surface area contributed by atoms with E-state index in [-0.39, 0.29) is 0 Å². The smallest absolute Gasteiger partial charge is 0.171 e.